The first kappa shape index (κ1) is 17.7. The Kier molecular flexibility index (Phi) is 5.68. The van der Waals surface area contributed by atoms with Crippen LogP contribution in [0.25, 0.3) is 0 Å². The SMILES string of the molecule is NC(=O)COc1cccc(C(=O)NCc2ccnc(N3CCCC3)c2)c1. The highest BCUT2D eigenvalue weighted by Crippen LogP contribution is 2.18. The lowest BCUT2D eigenvalue weighted by atomic mass is 10.2. The number of carbonyl (C=O) groups excluding carboxylic acids is 2. The number of nitrogens with two attached hydrogens (primary N) is 1. The van der Waals surface area contributed by atoms with Crippen molar-refractivity contribution in [2.75, 3.05) is 24.6 Å². The molecule has 3 N–H and O–H groups in total. The van der Waals surface area contributed by atoms with Gasteiger partial charge in [-0.2, -0.15) is 0 Å². The number of ether oxygens (including phenoxy) is 1. The van der Waals surface area contributed by atoms with Crippen molar-refractivity contribution in [3.05, 3.63) is 53.7 Å². The molecule has 3 rings (SSSR count). The van der Waals surface area contributed by atoms with Gasteiger partial charge in [0, 0.05) is 31.4 Å². The fourth-order valence-corrected chi connectivity index (χ4v) is 2.86. The fraction of sp³-hybridized carbons (Fsp3) is 0.316. The molecule has 0 saturated carbocycles. The van der Waals surface area contributed by atoms with E-state index in [-0.39, 0.29) is 12.5 Å². The summed E-state index contributed by atoms with van der Waals surface area (Å²) in [5.41, 5.74) is 6.51. The second-order valence-corrected chi connectivity index (χ2v) is 6.18. The van der Waals surface area contributed by atoms with Gasteiger partial charge in [-0.05, 0) is 48.7 Å². The van der Waals surface area contributed by atoms with Crippen LogP contribution in [0.3, 0.4) is 0 Å². The van der Waals surface area contributed by atoms with Gasteiger partial charge in [-0.15, -0.1) is 0 Å². The van der Waals surface area contributed by atoms with Gasteiger partial charge < -0.3 is 20.7 Å². The third kappa shape index (κ3) is 4.72. The van der Waals surface area contributed by atoms with Crippen molar-refractivity contribution in [1.82, 2.24) is 10.3 Å². The van der Waals surface area contributed by atoms with Crippen molar-refractivity contribution in [3.8, 4) is 5.75 Å². The number of rotatable bonds is 7. The van der Waals surface area contributed by atoms with Crippen LogP contribution in [-0.2, 0) is 11.3 Å². The molecule has 1 fully saturated rings. The molecule has 0 spiro atoms. The molecular formula is C19H22N4O3. The normalized spacial score (nSPS) is 13.5. The second-order valence-electron chi connectivity index (χ2n) is 6.18. The minimum Gasteiger partial charge on any atom is -0.484 e. The van der Waals surface area contributed by atoms with Gasteiger partial charge in [0.05, 0.1) is 0 Å². The first-order valence-electron chi connectivity index (χ1n) is 8.61. The molecule has 0 radical (unpaired) electrons. The number of hydrogen-bond donors (Lipinski definition) is 2. The molecule has 0 aliphatic carbocycles. The molecule has 7 heteroatoms. The second kappa shape index (κ2) is 8.33. The van der Waals surface area contributed by atoms with Crippen molar-refractivity contribution in [2.45, 2.75) is 19.4 Å². The minimum absolute atomic E-state index is 0.214. The molecule has 2 heterocycles. The van der Waals surface area contributed by atoms with E-state index in [1.807, 2.05) is 12.1 Å². The highest BCUT2D eigenvalue weighted by Gasteiger charge is 2.14. The maximum Gasteiger partial charge on any atom is 0.255 e. The topological polar surface area (TPSA) is 97.6 Å². The van der Waals surface area contributed by atoms with Crippen molar-refractivity contribution in [2.24, 2.45) is 5.73 Å². The van der Waals surface area contributed by atoms with E-state index in [2.05, 4.69) is 15.2 Å². The third-order valence-corrected chi connectivity index (χ3v) is 4.17. The average Bonchev–Trinajstić information content (AvgIpc) is 3.20. The Morgan fingerprint density at radius 3 is 2.77 bits per heavy atom. The van der Waals surface area contributed by atoms with Crippen LogP contribution in [-0.4, -0.2) is 36.5 Å². The molecule has 0 unspecified atom stereocenters. The third-order valence-electron chi connectivity index (χ3n) is 4.17. The number of hydrogen-bond acceptors (Lipinski definition) is 5. The summed E-state index contributed by atoms with van der Waals surface area (Å²) in [6.07, 6.45) is 4.15. The number of amides is 2. The van der Waals surface area contributed by atoms with Crippen LogP contribution in [0.2, 0.25) is 0 Å². The summed E-state index contributed by atoms with van der Waals surface area (Å²) in [6.45, 7) is 2.25. The van der Waals surface area contributed by atoms with Gasteiger partial charge in [0.1, 0.15) is 11.6 Å². The molecule has 7 nitrogen and oxygen atoms in total. The highest BCUT2D eigenvalue weighted by atomic mass is 16.5. The van der Waals surface area contributed by atoms with Gasteiger partial charge in [-0.25, -0.2) is 4.98 Å². The zero-order valence-corrected chi connectivity index (χ0v) is 14.5. The van der Waals surface area contributed by atoms with Crippen LogP contribution in [0.5, 0.6) is 5.75 Å². The number of pyridine rings is 1. The van der Waals surface area contributed by atoms with Crippen LogP contribution in [0.1, 0.15) is 28.8 Å². The Morgan fingerprint density at radius 1 is 1.19 bits per heavy atom. The predicted molar refractivity (Wildman–Crippen MR) is 98.0 cm³/mol. The van der Waals surface area contributed by atoms with E-state index >= 15 is 0 Å². The summed E-state index contributed by atoms with van der Waals surface area (Å²) in [5, 5.41) is 2.89. The first-order valence-corrected chi connectivity index (χ1v) is 8.61. The van der Waals surface area contributed by atoms with E-state index in [0.717, 1.165) is 24.5 Å². The molecule has 1 aromatic heterocycles. The maximum atomic E-state index is 12.4. The standard InChI is InChI=1S/C19H22N4O3/c20-17(24)13-26-16-5-3-4-15(11-16)19(25)22-12-14-6-7-21-18(10-14)23-8-1-2-9-23/h3-7,10-11H,1-2,8-9,12-13H2,(H2,20,24)(H,22,25). The summed E-state index contributed by atoms with van der Waals surface area (Å²) in [6, 6.07) is 10.5. The van der Waals surface area contributed by atoms with Crippen LogP contribution < -0.4 is 20.7 Å². The molecule has 26 heavy (non-hydrogen) atoms. The highest BCUT2D eigenvalue weighted by molar-refractivity contribution is 5.94. The maximum absolute atomic E-state index is 12.4. The molecule has 0 atom stereocenters. The van der Waals surface area contributed by atoms with Crippen molar-refractivity contribution >= 4 is 17.6 Å². The molecule has 1 aliphatic rings. The summed E-state index contributed by atoms with van der Waals surface area (Å²) in [7, 11) is 0. The largest absolute Gasteiger partial charge is 0.484 e. The number of carbonyl (C=O) groups is 2. The fourth-order valence-electron chi connectivity index (χ4n) is 2.86. The Balaban J connectivity index is 1.59. The lowest BCUT2D eigenvalue weighted by molar-refractivity contribution is -0.119. The molecule has 136 valence electrons. The van der Waals surface area contributed by atoms with Crippen molar-refractivity contribution < 1.29 is 14.3 Å². The summed E-state index contributed by atoms with van der Waals surface area (Å²) >= 11 is 0. The summed E-state index contributed by atoms with van der Waals surface area (Å²) in [5.74, 6) is 0.605. The Labute approximate surface area is 152 Å². The quantitative estimate of drug-likeness (QED) is 0.785. The van der Waals surface area contributed by atoms with Gasteiger partial charge in [-0.1, -0.05) is 6.07 Å². The van der Waals surface area contributed by atoms with Crippen molar-refractivity contribution in [1.29, 1.82) is 0 Å². The van der Waals surface area contributed by atoms with E-state index in [9.17, 15) is 9.59 Å². The summed E-state index contributed by atoms with van der Waals surface area (Å²) < 4.78 is 5.23. The molecule has 2 aromatic rings. The van der Waals surface area contributed by atoms with E-state index < -0.39 is 5.91 Å². The van der Waals surface area contributed by atoms with E-state index in [1.54, 1.807) is 30.5 Å². The van der Waals surface area contributed by atoms with Gasteiger partial charge >= 0.3 is 0 Å². The Hall–Kier alpha value is -3.09. The molecule has 1 aliphatic heterocycles. The smallest absolute Gasteiger partial charge is 0.255 e. The lowest BCUT2D eigenvalue weighted by Gasteiger charge is -2.17. The molecular weight excluding hydrogens is 332 g/mol. The van der Waals surface area contributed by atoms with E-state index in [0.29, 0.717) is 17.9 Å². The Bertz CT molecular complexity index is 788. The van der Waals surface area contributed by atoms with E-state index in [1.165, 1.54) is 12.8 Å². The van der Waals surface area contributed by atoms with Crippen LogP contribution in [0.4, 0.5) is 5.82 Å². The molecule has 2 amide bonds. The van der Waals surface area contributed by atoms with E-state index in [4.69, 9.17) is 10.5 Å². The average molecular weight is 354 g/mol. The number of benzene rings is 1. The molecule has 0 bridgehead atoms. The molecule has 1 aromatic carbocycles. The zero-order chi connectivity index (χ0) is 18.4. The van der Waals surface area contributed by atoms with Gasteiger partial charge in [0.15, 0.2) is 6.61 Å². The number of aromatic nitrogens is 1. The van der Waals surface area contributed by atoms with Gasteiger partial charge in [-0.3, -0.25) is 9.59 Å². The number of nitrogens with one attached hydrogen (secondary N) is 1. The monoisotopic (exact) mass is 354 g/mol. The zero-order valence-electron chi connectivity index (χ0n) is 14.5. The minimum atomic E-state index is -0.564. The predicted octanol–water partition coefficient (Wildman–Crippen LogP) is 1.48. The van der Waals surface area contributed by atoms with Crippen LogP contribution in [0.15, 0.2) is 42.6 Å². The number of nitrogens with zero attached hydrogens (tertiary/aromatic N) is 2. The first-order chi connectivity index (χ1) is 12.6. The summed E-state index contributed by atoms with van der Waals surface area (Å²) in [4.78, 5) is 29.8. The van der Waals surface area contributed by atoms with Crippen molar-refractivity contribution in [3.63, 3.8) is 0 Å². The van der Waals surface area contributed by atoms with Crippen LogP contribution in [0, 0.1) is 0 Å². The molecule has 1 saturated heterocycles. The number of primary amides is 1. The Morgan fingerprint density at radius 2 is 2.00 bits per heavy atom. The van der Waals surface area contributed by atoms with Gasteiger partial charge in [0.25, 0.3) is 11.8 Å². The number of anilines is 1. The van der Waals surface area contributed by atoms with Crippen LogP contribution >= 0.6 is 0 Å². The van der Waals surface area contributed by atoms with Gasteiger partial charge in [0.2, 0.25) is 0 Å². The lowest BCUT2D eigenvalue weighted by Crippen LogP contribution is -2.24.